The first-order chi connectivity index (χ1) is 9.13. The number of aromatic nitrogens is 2. The van der Waals surface area contributed by atoms with E-state index < -0.39 is 0 Å². The smallest absolute Gasteiger partial charge is 0.125 e. The number of nitrogens with zero attached hydrogens (tertiary/aromatic N) is 2. The fourth-order valence-electron chi connectivity index (χ4n) is 3.49. The highest BCUT2D eigenvalue weighted by Crippen LogP contribution is 2.45. The molecule has 0 N–H and O–H groups in total. The summed E-state index contributed by atoms with van der Waals surface area (Å²) in [4.78, 5) is 4.70. The molecule has 1 fully saturated rings. The van der Waals surface area contributed by atoms with E-state index in [4.69, 9.17) is 16.6 Å². The molecule has 1 atom stereocenters. The van der Waals surface area contributed by atoms with Crippen LogP contribution in [0.4, 0.5) is 0 Å². The van der Waals surface area contributed by atoms with Crippen LogP contribution in [0.3, 0.4) is 0 Å². The highest BCUT2D eigenvalue weighted by Gasteiger charge is 2.35. The van der Waals surface area contributed by atoms with Gasteiger partial charge in [-0.25, -0.2) is 4.98 Å². The minimum absolute atomic E-state index is 0.322. The monoisotopic (exact) mass is 276 g/mol. The van der Waals surface area contributed by atoms with Crippen molar-refractivity contribution in [1.82, 2.24) is 9.55 Å². The zero-order valence-electron chi connectivity index (χ0n) is 11.7. The summed E-state index contributed by atoms with van der Waals surface area (Å²) in [6.45, 7) is 4.76. The van der Waals surface area contributed by atoms with Crippen LogP contribution >= 0.6 is 11.6 Å². The fourth-order valence-corrected chi connectivity index (χ4v) is 3.68. The maximum absolute atomic E-state index is 6.13. The normalized spacial score (nSPS) is 22.8. The molecule has 0 spiro atoms. The van der Waals surface area contributed by atoms with Gasteiger partial charge in [-0.3, -0.25) is 0 Å². The Kier molecular flexibility index (Phi) is 3.30. The van der Waals surface area contributed by atoms with Crippen LogP contribution in [-0.4, -0.2) is 9.55 Å². The Balaban J connectivity index is 2.17. The number of alkyl halides is 1. The molecule has 19 heavy (non-hydrogen) atoms. The summed E-state index contributed by atoms with van der Waals surface area (Å²) in [6, 6.07) is 8.90. The van der Waals surface area contributed by atoms with E-state index in [9.17, 15) is 0 Å². The quantitative estimate of drug-likeness (QED) is 0.712. The molecule has 0 aliphatic heterocycles. The van der Waals surface area contributed by atoms with Gasteiger partial charge in [-0.2, -0.15) is 0 Å². The van der Waals surface area contributed by atoms with Crippen molar-refractivity contribution in [3.63, 3.8) is 0 Å². The summed E-state index contributed by atoms with van der Waals surface area (Å²) in [5, 5.41) is 0. The van der Waals surface area contributed by atoms with E-state index in [1.54, 1.807) is 0 Å². The summed E-state index contributed by atoms with van der Waals surface area (Å²) in [5.74, 6) is 1.50. The number of halogens is 1. The number of rotatable bonds is 2. The molecular formula is C16H21ClN2. The van der Waals surface area contributed by atoms with Crippen LogP contribution in [0.25, 0.3) is 11.0 Å². The second-order valence-corrected chi connectivity index (χ2v) is 6.54. The third-order valence-corrected chi connectivity index (χ3v) is 4.79. The summed E-state index contributed by atoms with van der Waals surface area (Å²) in [6.07, 6.45) is 5.16. The van der Waals surface area contributed by atoms with Gasteiger partial charge in [0.1, 0.15) is 5.82 Å². The lowest BCUT2D eigenvalue weighted by Crippen LogP contribution is -2.31. The number of fused-ring (bicyclic) bond motifs is 1. The topological polar surface area (TPSA) is 17.8 Å². The van der Waals surface area contributed by atoms with Crippen molar-refractivity contribution in [1.29, 1.82) is 0 Å². The van der Waals surface area contributed by atoms with E-state index in [1.807, 2.05) is 6.07 Å². The van der Waals surface area contributed by atoms with Crippen molar-refractivity contribution >= 4 is 22.6 Å². The van der Waals surface area contributed by atoms with Gasteiger partial charge in [0.2, 0.25) is 0 Å². The van der Waals surface area contributed by atoms with Crippen LogP contribution in [0.1, 0.15) is 51.4 Å². The standard InChI is InChI=1S/C16H21ClN2/c1-16(2)10-6-5-9-14(16)19-13-8-4-3-7-12(13)18-15(19)11-17/h3-4,7-8,14H,5-6,9-11H2,1-2H3. The second-order valence-electron chi connectivity index (χ2n) is 6.27. The van der Waals surface area contributed by atoms with Crippen LogP contribution in [0.2, 0.25) is 0 Å². The third kappa shape index (κ3) is 2.16. The van der Waals surface area contributed by atoms with Gasteiger partial charge in [0.05, 0.1) is 16.9 Å². The highest BCUT2D eigenvalue weighted by molar-refractivity contribution is 6.16. The van der Waals surface area contributed by atoms with Crippen molar-refractivity contribution in [2.45, 2.75) is 51.5 Å². The predicted molar refractivity (Wildman–Crippen MR) is 80.6 cm³/mol. The maximum atomic E-state index is 6.13. The Labute approximate surface area is 119 Å². The Morgan fingerprint density at radius 1 is 1.32 bits per heavy atom. The van der Waals surface area contributed by atoms with Crippen LogP contribution in [0.5, 0.6) is 0 Å². The average Bonchev–Trinajstić information content (AvgIpc) is 2.76. The zero-order valence-corrected chi connectivity index (χ0v) is 12.5. The van der Waals surface area contributed by atoms with Gasteiger partial charge in [0.25, 0.3) is 0 Å². The van der Waals surface area contributed by atoms with Crippen LogP contribution in [0.15, 0.2) is 24.3 Å². The molecule has 0 radical (unpaired) electrons. The van der Waals surface area contributed by atoms with Gasteiger partial charge in [0, 0.05) is 6.04 Å². The van der Waals surface area contributed by atoms with E-state index in [0.29, 0.717) is 17.3 Å². The van der Waals surface area contributed by atoms with E-state index >= 15 is 0 Å². The largest absolute Gasteiger partial charge is 0.323 e. The molecule has 0 amide bonds. The number of hydrogen-bond acceptors (Lipinski definition) is 1. The Morgan fingerprint density at radius 2 is 2.11 bits per heavy atom. The minimum Gasteiger partial charge on any atom is -0.323 e. The third-order valence-electron chi connectivity index (χ3n) is 4.55. The Bertz CT molecular complexity index is 585. The fraction of sp³-hybridized carbons (Fsp3) is 0.562. The first kappa shape index (κ1) is 13.0. The zero-order chi connectivity index (χ0) is 13.5. The number of benzene rings is 1. The number of para-hydroxylation sites is 2. The lowest BCUT2D eigenvalue weighted by Gasteiger charge is -2.40. The van der Waals surface area contributed by atoms with Crippen molar-refractivity contribution in [3.8, 4) is 0 Å². The average molecular weight is 277 g/mol. The van der Waals surface area contributed by atoms with Gasteiger partial charge in [-0.05, 0) is 30.4 Å². The van der Waals surface area contributed by atoms with Crippen molar-refractivity contribution in [2.75, 3.05) is 0 Å². The molecule has 1 saturated carbocycles. The molecule has 1 aliphatic carbocycles. The molecular weight excluding hydrogens is 256 g/mol. The van der Waals surface area contributed by atoms with Crippen LogP contribution in [-0.2, 0) is 5.88 Å². The molecule has 1 aromatic heterocycles. The first-order valence-electron chi connectivity index (χ1n) is 7.15. The molecule has 0 saturated heterocycles. The van der Waals surface area contributed by atoms with Gasteiger partial charge in [-0.1, -0.05) is 38.8 Å². The van der Waals surface area contributed by atoms with E-state index in [1.165, 1.54) is 31.2 Å². The molecule has 102 valence electrons. The molecule has 0 bridgehead atoms. The molecule has 1 aliphatic rings. The summed E-state index contributed by atoms with van der Waals surface area (Å²) in [5.41, 5.74) is 2.63. The lowest BCUT2D eigenvalue weighted by atomic mass is 9.73. The van der Waals surface area contributed by atoms with E-state index in [-0.39, 0.29) is 0 Å². The van der Waals surface area contributed by atoms with Crippen molar-refractivity contribution < 1.29 is 0 Å². The van der Waals surface area contributed by atoms with Gasteiger partial charge >= 0.3 is 0 Å². The highest BCUT2D eigenvalue weighted by atomic mass is 35.5. The summed E-state index contributed by atoms with van der Waals surface area (Å²) >= 11 is 6.13. The summed E-state index contributed by atoms with van der Waals surface area (Å²) in [7, 11) is 0. The number of imidazole rings is 1. The van der Waals surface area contributed by atoms with Gasteiger partial charge in [-0.15, -0.1) is 11.6 Å². The molecule has 2 nitrogen and oxygen atoms in total. The minimum atomic E-state index is 0.322. The SMILES string of the molecule is CC1(C)CCCCC1n1c(CCl)nc2ccccc21. The molecule has 3 rings (SSSR count). The molecule has 1 unspecified atom stereocenters. The lowest BCUT2D eigenvalue weighted by molar-refractivity contribution is 0.145. The maximum Gasteiger partial charge on any atom is 0.125 e. The predicted octanol–water partition coefficient (Wildman–Crippen LogP) is 4.92. The first-order valence-corrected chi connectivity index (χ1v) is 7.69. The molecule has 2 aromatic rings. The van der Waals surface area contributed by atoms with E-state index in [0.717, 1.165) is 11.3 Å². The van der Waals surface area contributed by atoms with Crippen molar-refractivity contribution in [2.24, 2.45) is 5.41 Å². The van der Waals surface area contributed by atoms with Crippen LogP contribution < -0.4 is 0 Å². The van der Waals surface area contributed by atoms with Gasteiger partial charge < -0.3 is 4.57 Å². The number of hydrogen-bond donors (Lipinski definition) is 0. The van der Waals surface area contributed by atoms with Crippen LogP contribution in [0, 0.1) is 5.41 Å². The Morgan fingerprint density at radius 3 is 2.84 bits per heavy atom. The molecule has 3 heteroatoms. The van der Waals surface area contributed by atoms with Gasteiger partial charge in [0.15, 0.2) is 0 Å². The van der Waals surface area contributed by atoms with E-state index in [2.05, 4.69) is 36.6 Å². The van der Waals surface area contributed by atoms with Crippen molar-refractivity contribution in [3.05, 3.63) is 30.1 Å². The second kappa shape index (κ2) is 4.82. The molecule has 1 aromatic carbocycles. The Hall–Kier alpha value is -1.02. The molecule has 1 heterocycles. The summed E-state index contributed by atoms with van der Waals surface area (Å²) < 4.78 is 2.40.